The van der Waals surface area contributed by atoms with Crippen molar-refractivity contribution in [3.63, 3.8) is 0 Å². The first kappa shape index (κ1) is 23.5. The zero-order valence-corrected chi connectivity index (χ0v) is 20.8. The summed E-state index contributed by atoms with van der Waals surface area (Å²) in [5, 5.41) is 50.3. The van der Waals surface area contributed by atoms with Crippen molar-refractivity contribution in [3.05, 3.63) is 34.9 Å². The van der Waals surface area contributed by atoms with E-state index in [1.807, 2.05) is 19.9 Å². The number of aliphatic hydroxyl groups excluding tert-OH is 3. The Morgan fingerprint density at radius 2 is 1.92 bits per heavy atom. The average molecular weight is 524 g/mol. The molecular weight excluding hydrogens is 484 g/mol. The number of allylic oxidation sites excluding steroid dienone is 1. The monoisotopic (exact) mass is 523 g/mol. The predicted octanol–water partition coefficient (Wildman–Crippen LogP) is 2.15. The lowest BCUT2D eigenvalue weighted by Crippen LogP contribution is -2.60. The Kier molecular flexibility index (Phi) is 6.72. The highest BCUT2D eigenvalue weighted by atomic mass is 16.7. The number of phenols is 1. The minimum atomic E-state index is -1.98. The minimum absolute atomic E-state index is 0.00728. The zero-order chi connectivity index (χ0) is 29.6. The summed E-state index contributed by atoms with van der Waals surface area (Å²) in [6.45, 7) is 1.87. The summed E-state index contributed by atoms with van der Waals surface area (Å²) in [5.41, 5.74) is 0.890. The van der Waals surface area contributed by atoms with Gasteiger partial charge < -0.3 is 39.7 Å². The second-order valence-corrected chi connectivity index (χ2v) is 10.4. The highest BCUT2D eigenvalue weighted by Gasteiger charge is 2.50. The molecule has 1 saturated heterocycles. The van der Waals surface area contributed by atoms with Crippen molar-refractivity contribution in [2.24, 2.45) is 5.92 Å². The van der Waals surface area contributed by atoms with Crippen LogP contribution in [0.25, 0.3) is 0 Å². The number of hydrogen-bond donors (Lipinski definition) is 5. The van der Waals surface area contributed by atoms with Gasteiger partial charge in [0.2, 0.25) is 6.29 Å². The Morgan fingerprint density at radius 3 is 2.62 bits per heavy atom. The smallest absolute Gasteiger partial charge is 0.336 e. The number of carbonyl (C=O) groups is 2. The van der Waals surface area contributed by atoms with Crippen LogP contribution in [0.4, 0.5) is 0 Å². The zero-order valence-electron chi connectivity index (χ0n) is 23.8. The van der Waals surface area contributed by atoms with E-state index >= 15 is 0 Å². The van der Waals surface area contributed by atoms with E-state index in [1.165, 1.54) is 0 Å². The Labute approximate surface area is 219 Å². The third-order valence-corrected chi connectivity index (χ3v) is 7.51. The molecule has 1 aromatic rings. The van der Waals surface area contributed by atoms with E-state index in [-0.39, 0.29) is 30.1 Å². The molecule has 1 aliphatic carbocycles. The maximum Gasteiger partial charge on any atom is 0.336 e. The lowest BCUT2D eigenvalue weighted by Gasteiger charge is -2.46. The molecule has 5 N–H and O–H groups in total. The Hall–Kier alpha value is -2.66. The van der Waals surface area contributed by atoms with Crippen LogP contribution in [0.1, 0.15) is 74.0 Å². The van der Waals surface area contributed by atoms with E-state index in [0.717, 1.165) is 5.56 Å². The summed E-state index contributed by atoms with van der Waals surface area (Å²) in [5.74, 6) is -2.53. The molecule has 0 radical (unpaired) electrons. The predicted molar refractivity (Wildman–Crippen MR) is 130 cm³/mol. The van der Waals surface area contributed by atoms with Gasteiger partial charge in [0.05, 0.1) is 0 Å². The number of fused-ring (bicyclic) bond motifs is 3. The quantitative estimate of drug-likeness (QED) is 0.264. The largest absolute Gasteiger partial charge is 0.507 e. The first-order valence-corrected chi connectivity index (χ1v) is 12.5. The van der Waals surface area contributed by atoms with Crippen molar-refractivity contribution in [1.29, 1.82) is 0 Å². The van der Waals surface area contributed by atoms with Gasteiger partial charge in [-0.1, -0.05) is 25.8 Å². The number of unbranched alkanes of at least 4 members (excludes halogenated alkanes) is 1. The molecule has 10 nitrogen and oxygen atoms in total. The number of benzene rings is 1. The number of esters is 1. The number of carbonyl (C=O) groups excluding carboxylic acids is 1. The van der Waals surface area contributed by atoms with E-state index < -0.39 is 61.0 Å². The number of carboxylic acids is 1. The average Bonchev–Trinajstić information content (AvgIpc) is 2.85. The highest BCUT2D eigenvalue weighted by Crippen LogP contribution is 2.53. The van der Waals surface area contributed by atoms with E-state index in [2.05, 4.69) is 0 Å². The number of rotatable bonds is 7. The molecule has 0 bridgehead atoms. The molecule has 0 amide bonds. The molecule has 4 rings (SSSR count). The molecule has 0 saturated carbocycles. The van der Waals surface area contributed by atoms with Crippen LogP contribution in [-0.2, 0) is 25.5 Å². The van der Waals surface area contributed by atoms with Crippen LogP contribution < -0.4 is 4.74 Å². The molecule has 2 aliphatic heterocycles. The molecule has 0 spiro atoms. The van der Waals surface area contributed by atoms with Crippen molar-refractivity contribution in [1.82, 2.24) is 0 Å². The molecular formula is C27H36O10. The van der Waals surface area contributed by atoms with Crippen molar-refractivity contribution < 1.29 is 53.4 Å². The standard InChI is InChI=1S/C27H36O10/c1-4-5-6-7-13-10-17(28)19-15-12-14(8-9-16(15)27(2,3)37-18(19)11-13)25(34)36-26-22(31)20(29)21(30)23(35-26)24(32)33/h10-12,15-16,20-23,26,28-31H,4-9H2,1-3H3,(H,32,33)/t15?,16?,20-,21-,22+,23-,26-/m0/s1/i1D3. The summed E-state index contributed by atoms with van der Waals surface area (Å²) in [6, 6.07) is 3.45. The van der Waals surface area contributed by atoms with Gasteiger partial charge in [-0.05, 0) is 57.2 Å². The van der Waals surface area contributed by atoms with Crippen LogP contribution in [0.2, 0.25) is 0 Å². The van der Waals surface area contributed by atoms with E-state index in [0.29, 0.717) is 37.0 Å². The number of aryl methyl sites for hydroxylation is 1. The molecule has 7 atom stereocenters. The van der Waals surface area contributed by atoms with Gasteiger partial charge in [-0.15, -0.1) is 0 Å². The molecule has 204 valence electrons. The van der Waals surface area contributed by atoms with Crippen molar-refractivity contribution in [2.75, 3.05) is 0 Å². The first-order chi connectivity index (χ1) is 18.6. The van der Waals surface area contributed by atoms with Crippen LogP contribution >= 0.6 is 0 Å². The van der Waals surface area contributed by atoms with Crippen LogP contribution in [-0.4, -0.2) is 73.8 Å². The van der Waals surface area contributed by atoms with Gasteiger partial charge in [0.1, 0.15) is 35.4 Å². The summed E-state index contributed by atoms with van der Waals surface area (Å²) in [4.78, 5) is 24.4. The fourth-order valence-electron chi connectivity index (χ4n) is 5.52. The molecule has 2 heterocycles. The molecule has 1 fully saturated rings. The topological polar surface area (TPSA) is 163 Å². The molecule has 0 aromatic heterocycles. The highest BCUT2D eigenvalue weighted by molar-refractivity contribution is 5.89. The normalized spacial score (nSPS) is 33.9. The fourth-order valence-corrected chi connectivity index (χ4v) is 5.52. The maximum atomic E-state index is 13.1. The van der Waals surface area contributed by atoms with E-state index in [1.54, 1.807) is 12.1 Å². The van der Waals surface area contributed by atoms with Crippen molar-refractivity contribution in [3.8, 4) is 11.5 Å². The van der Waals surface area contributed by atoms with E-state index in [9.17, 15) is 35.1 Å². The van der Waals surface area contributed by atoms with Crippen LogP contribution in [0.3, 0.4) is 0 Å². The van der Waals surface area contributed by atoms with E-state index in [4.69, 9.17) is 18.3 Å². The van der Waals surface area contributed by atoms with Gasteiger partial charge in [0, 0.05) is 27.1 Å². The Balaban J connectivity index is 1.55. The SMILES string of the molecule is [2H]C([2H])([2H])CCCCc1cc(O)c2c(c1)OC(C)(C)C1CCC(C(=O)O[C@@H]3O[C@H](C(=O)O)[C@@H](O)[C@H](O)[C@H]3O)=CC21. The second kappa shape index (κ2) is 10.6. The van der Waals surface area contributed by atoms with Gasteiger partial charge in [-0.2, -0.15) is 0 Å². The van der Waals surface area contributed by atoms with Gasteiger partial charge >= 0.3 is 11.9 Å². The molecule has 1 aromatic carbocycles. The lowest BCUT2D eigenvalue weighted by molar-refractivity contribution is -0.285. The number of hydrogen-bond acceptors (Lipinski definition) is 9. The third kappa shape index (κ3) is 5.34. The molecule has 37 heavy (non-hydrogen) atoms. The van der Waals surface area contributed by atoms with Crippen LogP contribution in [0.15, 0.2) is 23.8 Å². The summed E-state index contributed by atoms with van der Waals surface area (Å²) >= 11 is 0. The Bertz CT molecular complexity index is 1160. The molecule has 2 unspecified atom stereocenters. The third-order valence-electron chi connectivity index (χ3n) is 7.51. The van der Waals surface area contributed by atoms with Crippen LogP contribution in [0.5, 0.6) is 11.5 Å². The number of aliphatic hydroxyl groups is 3. The number of carboxylic acid groups (broad SMARTS) is 1. The van der Waals surface area contributed by atoms with Gasteiger partial charge in [-0.3, -0.25) is 0 Å². The van der Waals surface area contributed by atoms with Gasteiger partial charge in [-0.25, -0.2) is 9.59 Å². The summed E-state index contributed by atoms with van der Waals surface area (Å²) in [6.07, 6.45) is -5.12. The number of aromatic hydroxyl groups is 1. The molecule has 10 heteroatoms. The van der Waals surface area contributed by atoms with Gasteiger partial charge in [0.25, 0.3) is 0 Å². The summed E-state index contributed by atoms with van der Waals surface area (Å²) < 4.78 is 38.7. The molecule has 3 aliphatic rings. The minimum Gasteiger partial charge on any atom is -0.507 e. The van der Waals surface area contributed by atoms with Crippen LogP contribution in [0, 0.1) is 5.92 Å². The second-order valence-electron chi connectivity index (χ2n) is 10.4. The van der Waals surface area contributed by atoms with Crippen molar-refractivity contribution >= 4 is 11.9 Å². The number of aliphatic carboxylic acids is 1. The number of phenolic OH excluding ortho intramolecular Hbond substituents is 1. The first-order valence-electron chi connectivity index (χ1n) is 14.0. The van der Waals surface area contributed by atoms with Crippen molar-refractivity contribution in [2.45, 2.75) is 101 Å². The fraction of sp³-hybridized carbons (Fsp3) is 0.630. The lowest BCUT2D eigenvalue weighted by atomic mass is 9.67. The van der Waals surface area contributed by atoms with Gasteiger partial charge in [0.15, 0.2) is 6.10 Å². The maximum absolute atomic E-state index is 13.1. The summed E-state index contributed by atoms with van der Waals surface area (Å²) in [7, 11) is 0. The Morgan fingerprint density at radius 1 is 1.16 bits per heavy atom. The number of ether oxygens (including phenoxy) is 3.